The fraction of sp³-hybridized carbons (Fsp3) is 0.174. The first kappa shape index (κ1) is 19.3. The van der Waals surface area contributed by atoms with Gasteiger partial charge < -0.3 is 10.2 Å². The number of carboxylic acids is 2. The van der Waals surface area contributed by atoms with Gasteiger partial charge in [0.2, 0.25) is 0 Å². The highest BCUT2D eigenvalue weighted by molar-refractivity contribution is 5.80. The average molecular weight is 375 g/mol. The first-order chi connectivity index (χ1) is 13.5. The molecule has 0 bridgehead atoms. The average Bonchev–Trinajstić information content (AvgIpc) is 2.72. The topological polar surface area (TPSA) is 87.5 Å². The van der Waals surface area contributed by atoms with Gasteiger partial charge in [0.25, 0.3) is 0 Å². The lowest BCUT2D eigenvalue weighted by atomic mass is 9.83. The van der Waals surface area contributed by atoms with Gasteiger partial charge in [-0.25, -0.2) is 0 Å². The van der Waals surface area contributed by atoms with Gasteiger partial charge in [-0.2, -0.15) is 0 Å². The van der Waals surface area contributed by atoms with Gasteiger partial charge in [0.15, 0.2) is 0 Å². The van der Waals surface area contributed by atoms with Gasteiger partial charge >= 0.3 is 11.9 Å². The first-order valence-corrected chi connectivity index (χ1v) is 9.04. The predicted molar refractivity (Wildman–Crippen MR) is 106 cm³/mol. The van der Waals surface area contributed by atoms with Crippen molar-refractivity contribution in [3.05, 3.63) is 90.3 Å². The fourth-order valence-corrected chi connectivity index (χ4v) is 3.24. The third-order valence-corrected chi connectivity index (χ3v) is 4.78. The van der Waals surface area contributed by atoms with Crippen LogP contribution >= 0.6 is 0 Å². The highest BCUT2D eigenvalue weighted by Gasteiger charge is 2.34. The number of hydrogen-bond acceptors (Lipinski definition) is 3. The monoisotopic (exact) mass is 375 g/mol. The Morgan fingerprint density at radius 3 is 1.82 bits per heavy atom. The van der Waals surface area contributed by atoms with Crippen molar-refractivity contribution in [2.45, 2.75) is 12.8 Å². The zero-order valence-corrected chi connectivity index (χ0v) is 15.2. The lowest BCUT2D eigenvalue weighted by Gasteiger charge is -2.20. The molecule has 0 saturated carbocycles. The Morgan fingerprint density at radius 2 is 1.29 bits per heavy atom. The highest BCUT2D eigenvalue weighted by atomic mass is 16.4. The number of nitrogens with zero attached hydrogens (tertiary/aromatic N) is 1. The van der Waals surface area contributed by atoms with Crippen molar-refractivity contribution >= 4 is 11.9 Å². The number of pyridine rings is 1. The van der Waals surface area contributed by atoms with Crippen molar-refractivity contribution in [2.75, 3.05) is 0 Å². The molecule has 0 unspecified atom stereocenters. The van der Waals surface area contributed by atoms with Crippen LogP contribution in [-0.2, 0) is 22.4 Å². The minimum atomic E-state index is -1.13. The summed E-state index contributed by atoms with van der Waals surface area (Å²) in [4.78, 5) is 28.0. The summed E-state index contributed by atoms with van der Waals surface area (Å²) in [5.74, 6) is -4.34. The Balaban J connectivity index is 1.79. The van der Waals surface area contributed by atoms with Gasteiger partial charge in [-0.05, 0) is 23.6 Å². The molecular weight excluding hydrogens is 354 g/mol. The van der Waals surface area contributed by atoms with E-state index in [1.54, 1.807) is 12.3 Å². The van der Waals surface area contributed by atoms with E-state index in [2.05, 4.69) is 4.98 Å². The lowest BCUT2D eigenvalue weighted by molar-refractivity contribution is -0.153. The molecule has 0 amide bonds. The van der Waals surface area contributed by atoms with E-state index in [1.807, 2.05) is 66.7 Å². The maximum absolute atomic E-state index is 11.8. The zero-order chi connectivity index (χ0) is 19.9. The lowest BCUT2D eigenvalue weighted by Crippen LogP contribution is -2.33. The van der Waals surface area contributed by atoms with Crippen LogP contribution in [0.2, 0.25) is 0 Å². The van der Waals surface area contributed by atoms with E-state index in [1.165, 1.54) is 0 Å². The summed E-state index contributed by atoms with van der Waals surface area (Å²) in [6, 6.07) is 22.5. The van der Waals surface area contributed by atoms with Crippen molar-refractivity contribution in [3.63, 3.8) is 0 Å². The van der Waals surface area contributed by atoms with Crippen molar-refractivity contribution in [3.8, 4) is 11.1 Å². The summed E-state index contributed by atoms with van der Waals surface area (Å²) in [5, 5.41) is 19.3. The molecule has 1 heterocycles. The molecule has 3 aromatic rings. The Hall–Kier alpha value is -3.47. The molecule has 5 nitrogen and oxygen atoms in total. The van der Waals surface area contributed by atoms with Gasteiger partial charge in [-0.1, -0.05) is 66.7 Å². The van der Waals surface area contributed by atoms with E-state index in [4.69, 9.17) is 0 Å². The van der Waals surface area contributed by atoms with E-state index in [0.29, 0.717) is 5.69 Å². The van der Waals surface area contributed by atoms with Gasteiger partial charge in [0.1, 0.15) is 0 Å². The molecule has 0 saturated heterocycles. The summed E-state index contributed by atoms with van der Waals surface area (Å²) in [7, 11) is 0. The van der Waals surface area contributed by atoms with Gasteiger partial charge in [0, 0.05) is 23.9 Å². The number of aliphatic carboxylic acids is 2. The maximum atomic E-state index is 11.8. The molecule has 0 fully saturated rings. The van der Waals surface area contributed by atoms with Gasteiger partial charge in [0.05, 0.1) is 11.8 Å². The van der Waals surface area contributed by atoms with Gasteiger partial charge in [-0.15, -0.1) is 0 Å². The molecular formula is C23H21NO4. The Bertz CT molecular complexity index is 924. The summed E-state index contributed by atoms with van der Waals surface area (Å²) in [5.41, 5.74) is 3.30. The number of carboxylic acid groups (broad SMARTS) is 2. The molecule has 2 aromatic carbocycles. The van der Waals surface area contributed by atoms with Crippen molar-refractivity contribution < 1.29 is 19.8 Å². The third-order valence-electron chi connectivity index (χ3n) is 4.78. The van der Waals surface area contributed by atoms with Crippen molar-refractivity contribution in [1.29, 1.82) is 0 Å². The third kappa shape index (κ3) is 4.82. The SMILES string of the molecule is O=C(O)[C@@H](Cc1ccccc1)[C@H](Cc1ccc(-c2ccccc2)cn1)C(=O)O. The molecule has 142 valence electrons. The van der Waals surface area contributed by atoms with E-state index >= 15 is 0 Å². The zero-order valence-electron chi connectivity index (χ0n) is 15.2. The van der Waals surface area contributed by atoms with E-state index in [0.717, 1.165) is 16.7 Å². The summed E-state index contributed by atoms with van der Waals surface area (Å²) >= 11 is 0. The number of rotatable bonds is 8. The molecule has 0 radical (unpaired) electrons. The van der Waals surface area contributed by atoms with E-state index in [-0.39, 0.29) is 12.8 Å². The van der Waals surface area contributed by atoms with Crippen molar-refractivity contribution in [1.82, 2.24) is 4.98 Å². The van der Waals surface area contributed by atoms with E-state index in [9.17, 15) is 19.8 Å². The quantitative estimate of drug-likeness (QED) is 0.623. The van der Waals surface area contributed by atoms with Crippen LogP contribution in [0.5, 0.6) is 0 Å². The standard InChI is InChI=1S/C23H21NO4/c25-22(26)20(13-16-7-3-1-4-8-16)21(23(27)28)14-19-12-11-18(15-24-19)17-9-5-2-6-10-17/h1-12,15,20-21H,13-14H2,(H,25,26)(H,27,28)/t20-,21-/m0/s1. The van der Waals surface area contributed by atoms with Crippen LogP contribution in [0.3, 0.4) is 0 Å². The molecule has 0 spiro atoms. The van der Waals surface area contributed by atoms with Crippen LogP contribution in [0.1, 0.15) is 11.3 Å². The molecule has 3 rings (SSSR count). The molecule has 0 aliphatic heterocycles. The smallest absolute Gasteiger partial charge is 0.307 e. The van der Waals surface area contributed by atoms with Crippen LogP contribution < -0.4 is 0 Å². The highest BCUT2D eigenvalue weighted by Crippen LogP contribution is 2.24. The number of carbonyl (C=O) groups is 2. The predicted octanol–water partition coefficient (Wildman–Crippen LogP) is 3.94. The summed E-state index contributed by atoms with van der Waals surface area (Å²) < 4.78 is 0. The fourth-order valence-electron chi connectivity index (χ4n) is 3.24. The van der Waals surface area contributed by atoms with Crippen LogP contribution in [-0.4, -0.2) is 27.1 Å². The minimum Gasteiger partial charge on any atom is -0.481 e. The first-order valence-electron chi connectivity index (χ1n) is 9.04. The summed E-state index contributed by atoms with van der Waals surface area (Å²) in [6.07, 6.45) is 1.92. The molecule has 1 aromatic heterocycles. The largest absolute Gasteiger partial charge is 0.481 e. The van der Waals surface area contributed by atoms with E-state index < -0.39 is 23.8 Å². The Kier molecular flexibility index (Phi) is 6.17. The second-order valence-corrected chi connectivity index (χ2v) is 6.69. The molecule has 2 N–H and O–H groups in total. The van der Waals surface area contributed by atoms with Crippen LogP contribution in [0.4, 0.5) is 0 Å². The molecule has 0 aliphatic carbocycles. The normalized spacial score (nSPS) is 12.9. The van der Waals surface area contributed by atoms with Crippen LogP contribution in [0, 0.1) is 11.8 Å². The number of aromatic nitrogens is 1. The molecule has 5 heteroatoms. The maximum Gasteiger partial charge on any atom is 0.307 e. The minimum absolute atomic E-state index is 0.0637. The number of benzene rings is 2. The second kappa shape index (κ2) is 8.95. The summed E-state index contributed by atoms with van der Waals surface area (Å²) in [6.45, 7) is 0. The Labute approximate surface area is 163 Å². The molecule has 28 heavy (non-hydrogen) atoms. The molecule has 0 aliphatic rings. The van der Waals surface area contributed by atoms with Crippen LogP contribution in [0.15, 0.2) is 79.0 Å². The van der Waals surface area contributed by atoms with Crippen LogP contribution in [0.25, 0.3) is 11.1 Å². The van der Waals surface area contributed by atoms with Gasteiger partial charge in [-0.3, -0.25) is 14.6 Å². The van der Waals surface area contributed by atoms with Crippen molar-refractivity contribution in [2.24, 2.45) is 11.8 Å². The Morgan fingerprint density at radius 1 is 0.714 bits per heavy atom. The number of hydrogen-bond donors (Lipinski definition) is 2. The molecule has 2 atom stereocenters. The second-order valence-electron chi connectivity index (χ2n) is 6.69.